The van der Waals surface area contributed by atoms with Gasteiger partial charge in [-0.1, -0.05) is 61.9 Å². The van der Waals surface area contributed by atoms with Crippen LogP contribution in [-0.2, 0) is 0 Å². The first-order valence-corrected chi connectivity index (χ1v) is 8.38. The van der Waals surface area contributed by atoms with Crippen molar-refractivity contribution in [3.8, 4) is 0 Å². The minimum Gasteiger partial charge on any atom is -0.122 e. The number of halogens is 1. The number of allylic oxidation sites excluding steroid dienone is 2. The van der Waals surface area contributed by atoms with E-state index in [0.29, 0.717) is 0 Å². The van der Waals surface area contributed by atoms with Gasteiger partial charge in [0.15, 0.2) is 0 Å². The van der Waals surface area contributed by atoms with Crippen molar-refractivity contribution in [1.29, 1.82) is 0 Å². The second kappa shape index (κ2) is 6.58. The predicted octanol–water partition coefficient (Wildman–Crippen LogP) is 5.35. The molecule has 14 heavy (non-hydrogen) atoms. The van der Waals surface area contributed by atoms with Crippen molar-refractivity contribution in [3.05, 3.63) is 23.0 Å². The normalized spacial score (nSPS) is 20.1. The highest BCUT2D eigenvalue weighted by Gasteiger charge is 2.15. The van der Waals surface area contributed by atoms with E-state index in [9.17, 15) is 0 Å². The highest BCUT2D eigenvalue weighted by atomic mass is 35.7. The molecule has 0 saturated heterocycles. The largest absolute Gasteiger partial charge is 0.122 e. The van der Waals surface area contributed by atoms with Gasteiger partial charge in [0, 0.05) is 0 Å². The van der Waals surface area contributed by atoms with Gasteiger partial charge >= 0.3 is 0 Å². The van der Waals surface area contributed by atoms with E-state index < -0.39 is 9.24 Å². The lowest BCUT2D eigenvalue weighted by Gasteiger charge is -2.22. The average molecular weight is 233 g/mol. The van der Waals surface area contributed by atoms with Gasteiger partial charge in [-0.25, -0.2) is 0 Å². The van der Waals surface area contributed by atoms with Gasteiger partial charge in [-0.15, -0.1) is 9.24 Å². The second-order valence-corrected chi connectivity index (χ2v) is 8.08. The fourth-order valence-electron chi connectivity index (χ4n) is 1.64. The van der Waals surface area contributed by atoms with E-state index in [2.05, 4.69) is 29.9 Å². The molecule has 0 atom stereocenters. The summed E-state index contributed by atoms with van der Waals surface area (Å²) in [5.41, 5.74) is 0. The average Bonchev–Trinajstić information content (AvgIpc) is 2.59. The van der Waals surface area contributed by atoms with E-state index >= 15 is 0 Å². The molecule has 0 saturated carbocycles. The first kappa shape index (κ1) is 12.2. The van der Waals surface area contributed by atoms with Crippen LogP contribution in [0.1, 0.15) is 45.4 Å². The zero-order valence-electron chi connectivity index (χ0n) is 9.05. The molecule has 0 N–H and O–H groups in total. The summed E-state index contributed by atoms with van der Waals surface area (Å²) in [5, 5.41) is 4.36. The fraction of sp³-hybridized carbons (Fsp3) is 0.667. The Morgan fingerprint density at radius 3 is 2.14 bits per heavy atom. The number of rotatable bonds is 7. The smallest absolute Gasteiger partial charge is 0.00293 e. The van der Waals surface area contributed by atoms with E-state index in [1.807, 2.05) is 0 Å². The monoisotopic (exact) mass is 232 g/mol. The quantitative estimate of drug-likeness (QED) is 0.520. The molecule has 0 unspecified atom stereocenters. The Kier molecular flexibility index (Phi) is 5.73. The Labute approximate surface area is 94.2 Å². The lowest BCUT2D eigenvalue weighted by atomic mass is 10.1. The Morgan fingerprint density at radius 1 is 0.929 bits per heavy atom. The van der Waals surface area contributed by atoms with Crippen LogP contribution in [-0.4, -0.2) is 5.75 Å². The van der Waals surface area contributed by atoms with Crippen LogP contribution in [0.5, 0.6) is 0 Å². The van der Waals surface area contributed by atoms with E-state index in [4.69, 9.17) is 10.7 Å². The fourth-order valence-corrected chi connectivity index (χ4v) is 4.03. The summed E-state index contributed by atoms with van der Waals surface area (Å²) in [6, 6.07) is 0. The molecule has 0 aromatic heterocycles. The van der Waals surface area contributed by atoms with Crippen LogP contribution in [0, 0.1) is 0 Å². The molecular formula is C12H21ClS. The summed E-state index contributed by atoms with van der Waals surface area (Å²) >= 11 is 0. The van der Waals surface area contributed by atoms with Crippen molar-refractivity contribution in [2.75, 3.05) is 5.75 Å². The van der Waals surface area contributed by atoms with E-state index in [1.165, 1.54) is 44.3 Å². The van der Waals surface area contributed by atoms with Crippen molar-refractivity contribution in [2.24, 2.45) is 0 Å². The van der Waals surface area contributed by atoms with Crippen molar-refractivity contribution >= 4 is 19.9 Å². The first-order chi connectivity index (χ1) is 6.77. The summed E-state index contributed by atoms with van der Waals surface area (Å²) in [6.07, 6.45) is 12.3. The van der Waals surface area contributed by atoms with Crippen LogP contribution in [0.15, 0.2) is 23.0 Å². The van der Waals surface area contributed by atoms with Gasteiger partial charge in [0.1, 0.15) is 0 Å². The number of hydrogen-bond acceptors (Lipinski definition) is 0. The molecule has 0 aliphatic carbocycles. The summed E-state index contributed by atoms with van der Waals surface area (Å²) in [6.45, 7) is 2.26. The van der Waals surface area contributed by atoms with E-state index in [-0.39, 0.29) is 0 Å². The topological polar surface area (TPSA) is 0 Å². The van der Waals surface area contributed by atoms with Crippen LogP contribution < -0.4 is 0 Å². The number of hydrogen-bond donors (Lipinski definition) is 0. The molecule has 1 heterocycles. The van der Waals surface area contributed by atoms with Gasteiger partial charge in [-0.05, 0) is 23.0 Å². The summed E-state index contributed by atoms with van der Waals surface area (Å²) < 4.78 is 0. The minimum absolute atomic E-state index is 0.985. The molecule has 2 heteroatoms. The molecule has 0 fully saturated rings. The van der Waals surface area contributed by atoms with Crippen LogP contribution >= 0.6 is 19.9 Å². The molecule has 0 spiro atoms. The highest BCUT2D eigenvalue weighted by molar-refractivity contribution is 8.55. The van der Waals surface area contributed by atoms with E-state index in [0.717, 1.165) is 0 Å². The van der Waals surface area contributed by atoms with Gasteiger partial charge in [-0.3, -0.25) is 0 Å². The molecule has 0 aromatic rings. The molecule has 1 aliphatic heterocycles. The summed E-state index contributed by atoms with van der Waals surface area (Å²) in [7, 11) is 5.44. The lowest BCUT2D eigenvalue weighted by molar-refractivity contribution is 0.627. The SMILES string of the molecule is CCCCCCCCS1(Cl)C=CC=C1. The van der Waals surface area contributed by atoms with Crippen molar-refractivity contribution in [2.45, 2.75) is 45.4 Å². The Hall–Kier alpha value is 0.120. The molecule has 1 aliphatic rings. The van der Waals surface area contributed by atoms with Crippen molar-refractivity contribution in [3.63, 3.8) is 0 Å². The molecule has 0 bridgehead atoms. The van der Waals surface area contributed by atoms with Crippen molar-refractivity contribution in [1.82, 2.24) is 0 Å². The second-order valence-electron chi connectivity index (χ2n) is 3.89. The lowest BCUT2D eigenvalue weighted by Crippen LogP contribution is -1.90. The first-order valence-electron chi connectivity index (χ1n) is 5.62. The van der Waals surface area contributed by atoms with Crippen LogP contribution in [0.3, 0.4) is 0 Å². The zero-order chi connectivity index (χ0) is 10.3. The maximum atomic E-state index is 6.42. The molecule has 1 rings (SSSR count). The molecule has 82 valence electrons. The molecule has 0 aromatic carbocycles. The molecule has 0 amide bonds. The standard InChI is InChI=1S/C12H21ClS/c1-2-3-4-5-6-7-10-14(13)11-8-9-12-14/h8-9,11-12H,2-7,10H2,1H3. The van der Waals surface area contributed by atoms with Crippen LogP contribution in [0.2, 0.25) is 0 Å². The van der Waals surface area contributed by atoms with Crippen molar-refractivity contribution < 1.29 is 0 Å². The highest BCUT2D eigenvalue weighted by Crippen LogP contribution is 2.59. The maximum Gasteiger partial charge on any atom is -0.00293 e. The Morgan fingerprint density at radius 2 is 1.50 bits per heavy atom. The number of unbranched alkanes of at least 4 members (excludes halogenated alkanes) is 5. The molecular weight excluding hydrogens is 212 g/mol. The van der Waals surface area contributed by atoms with Gasteiger partial charge in [-0.2, -0.15) is 0 Å². The summed E-state index contributed by atoms with van der Waals surface area (Å²) in [5.74, 6) is 1.17. The maximum absolute atomic E-state index is 6.42. The third-order valence-electron chi connectivity index (χ3n) is 2.53. The minimum atomic E-state index is -0.985. The molecule has 0 radical (unpaired) electrons. The zero-order valence-corrected chi connectivity index (χ0v) is 10.6. The Bertz CT molecular complexity index is 196. The van der Waals surface area contributed by atoms with Crippen LogP contribution in [0.25, 0.3) is 0 Å². The van der Waals surface area contributed by atoms with Gasteiger partial charge in [0.05, 0.1) is 0 Å². The Balaban J connectivity index is 1.99. The third-order valence-corrected chi connectivity index (χ3v) is 5.75. The predicted molar refractivity (Wildman–Crippen MR) is 70.0 cm³/mol. The summed E-state index contributed by atoms with van der Waals surface area (Å²) in [4.78, 5) is 0. The van der Waals surface area contributed by atoms with Crippen LogP contribution in [0.4, 0.5) is 0 Å². The van der Waals surface area contributed by atoms with Gasteiger partial charge in [0.2, 0.25) is 0 Å². The van der Waals surface area contributed by atoms with E-state index in [1.54, 1.807) is 0 Å². The third kappa shape index (κ3) is 4.56. The van der Waals surface area contributed by atoms with Gasteiger partial charge < -0.3 is 0 Å². The van der Waals surface area contributed by atoms with Gasteiger partial charge in [0.25, 0.3) is 0 Å². The molecule has 0 nitrogen and oxygen atoms in total.